The average Bonchev–Trinajstić information content (AvgIpc) is 2.37. The largest absolute Gasteiger partial charge is 0.478 e. The molecule has 6 nitrogen and oxygen atoms in total. The Kier molecular flexibility index (Phi) is 6.12. The van der Waals surface area contributed by atoms with Gasteiger partial charge in [-0.1, -0.05) is 6.92 Å². The van der Waals surface area contributed by atoms with Gasteiger partial charge in [-0.2, -0.15) is 0 Å². The first-order valence-electron chi connectivity index (χ1n) is 5.86. The van der Waals surface area contributed by atoms with Crippen molar-refractivity contribution in [3.05, 3.63) is 28.2 Å². The van der Waals surface area contributed by atoms with Crippen molar-refractivity contribution in [2.75, 3.05) is 13.7 Å². The van der Waals surface area contributed by atoms with E-state index in [-0.39, 0.29) is 23.1 Å². The molecule has 0 aromatic heterocycles. The molecule has 1 atom stereocenters. The first-order valence-corrected chi connectivity index (χ1v) is 8.13. The first-order chi connectivity index (χ1) is 9.31. The van der Waals surface area contributed by atoms with Crippen LogP contribution in [0.2, 0.25) is 0 Å². The van der Waals surface area contributed by atoms with Crippen molar-refractivity contribution >= 4 is 31.9 Å². The lowest BCUT2D eigenvalue weighted by Crippen LogP contribution is -2.37. The number of carboxylic acids is 1. The normalized spacial score (nSPS) is 13.2. The molecule has 0 saturated heterocycles. The number of hydrogen-bond acceptors (Lipinski definition) is 4. The molecule has 1 aromatic carbocycles. The van der Waals surface area contributed by atoms with Crippen LogP contribution in [0.15, 0.2) is 27.6 Å². The SMILES string of the molecule is CCC(COC)NS(=O)(=O)c1ccc(Br)c(C(=O)O)c1. The molecule has 1 rings (SSSR count). The predicted molar refractivity (Wildman–Crippen MR) is 77.4 cm³/mol. The Morgan fingerprint density at radius 2 is 2.15 bits per heavy atom. The van der Waals surface area contributed by atoms with Gasteiger partial charge in [-0.25, -0.2) is 17.9 Å². The summed E-state index contributed by atoms with van der Waals surface area (Å²) in [6.45, 7) is 2.08. The Morgan fingerprint density at radius 3 is 2.65 bits per heavy atom. The predicted octanol–water partition coefficient (Wildman–Crippen LogP) is 1.85. The molecule has 0 amide bonds. The summed E-state index contributed by atoms with van der Waals surface area (Å²) in [6.07, 6.45) is 0.565. The van der Waals surface area contributed by atoms with Crippen molar-refractivity contribution < 1.29 is 23.1 Å². The summed E-state index contributed by atoms with van der Waals surface area (Å²) < 4.78 is 32.1. The Morgan fingerprint density at radius 1 is 1.50 bits per heavy atom. The Hall–Kier alpha value is -0.960. The Labute approximate surface area is 126 Å². The highest BCUT2D eigenvalue weighted by atomic mass is 79.9. The van der Waals surface area contributed by atoms with Crippen LogP contribution >= 0.6 is 15.9 Å². The monoisotopic (exact) mass is 365 g/mol. The van der Waals surface area contributed by atoms with Crippen LogP contribution in [0.3, 0.4) is 0 Å². The minimum absolute atomic E-state index is 0.0901. The molecule has 0 radical (unpaired) electrons. The van der Waals surface area contributed by atoms with Crippen LogP contribution in [0.4, 0.5) is 0 Å². The number of methoxy groups -OCH3 is 1. The van der Waals surface area contributed by atoms with Crippen LogP contribution in [-0.2, 0) is 14.8 Å². The Bertz CT molecular complexity index is 588. The van der Waals surface area contributed by atoms with Crippen LogP contribution in [0.25, 0.3) is 0 Å². The van der Waals surface area contributed by atoms with Gasteiger partial charge in [-0.15, -0.1) is 0 Å². The van der Waals surface area contributed by atoms with E-state index in [0.29, 0.717) is 10.9 Å². The highest BCUT2D eigenvalue weighted by Crippen LogP contribution is 2.21. The fourth-order valence-corrected chi connectivity index (χ4v) is 3.31. The van der Waals surface area contributed by atoms with Crippen molar-refractivity contribution in [3.8, 4) is 0 Å². The number of aromatic carboxylic acids is 1. The maximum Gasteiger partial charge on any atom is 0.336 e. The van der Waals surface area contributed by atoms with E-state index in [1.807, 2.05) is 6.92 Å². The fraction of sp³-hybridized carbons (Fsp3) is 0.417. The van der Waals surface area contributed by atoms with Crippen molar-refractivity contribution in [2.45, 2.75) is 24.3 Å². The molecule has 0 bridgehead atoms. The zero-order valence-corrected chi connectivity index (χ0v) is 13.5. The van der Waals surface area contributed by atoms with Gasteiger partial charge in [0, 0.05) is 17.6 Å². The van der Waals surface area contributed by atoms with E-state index in [1.54, 1.807) is 0 Å². The molecule has 0 fully saturated rings. The summed E-state index contributed by atoms with van der Waals surface area (Å²) in [4.78, 5) is 10.9. The van der Waals surface area contributed by atoms with Crippen molar-refractivity contribution in [3.63, 3.8) is 0 Å². The summed E-state index contributed by atoms with van der Waals surface area (Å²) in [5, 5.41) is 9.00. The lowest BCUT2D eigenvalue weighted by atomic mass is 10.2. The van der Waals surface area contributed by atoms with Gasteiger partial charge >= 0.3 is 5.97 Å². The van der Waals surface area contributed by atoms with Crippen LogP contribution in [0.1, 0.15) is 23.7 Å². The molecule has 8 heteroatoms. The third-order valence-electron chi connectivity index (χ3n) is 2.66. The third-order valence-corrected chi connectivity index (χ3v) is 4.87. The number of benzene rings is 1. The van der Waals surface area contributed by atoms with Gasteiger partial charge < -0.3 is 9.84 Å². The smallest absolute Gasteiger partial charge is 0.336 e. The topological polar surface area (TPSA) is 92.7 Å². The average molecular weight is 366 g/mol. The molecule has 20 heavy (non-hydrogen) atoms. The van der Waals surface area contributed by atoms with Gasteiger partial charge in [0.05, 0.1) is 17.1 Å². The summed E-state index contributed by atoms with van der Waals surface area (Å²) >= 11 is 3.07. The molecule has 0 spiro atoms. The van der Waals surface area contributed by atoms with E-state index in [0.717, 1.165) is 6.07 Å². The number of nitrogens with one attached hydrogen (secondary N) is 1. The minimum Gasteiger partial charge on any atom is -0.478 e. The first kappa shape index (κ1) is 17.1. The number of carbonyl (C=O) groups is 1. The summed E-state index contributed by atoms with van der Waals surface area (Å²) in [6, 6.07) is 3.50. The second kappa shape index (κ2) is 7.16. The maximum absolute atomic E-state index is 12.2. The van der Waals surface area contributed by atoms with E-state index < -0.39 is 16.0 Å². The molecule has 0 saturated carbocycles. The van der Waals surface area contributed by atoms with Crippen molar-refractivity contribution in [2.24, 2.45) is 0 Å². The molecule has 0 aliphatic carbocycles. The molecular weight excluding hydrogens is 350 g/mol. The van der Waals surface area contributed by atoms with Gasteiger partial charge in [-0.3, -0.25) is 0 Å². The van der Waals surface area contributed by atoms with Crippen molar-refractivity contribution in [1.82, 2.24) is 4.72 Å². The lowest BCUT2D eigenvalue weighted by molar-refractivity contribution is 0.0695. The molecule has 112 valence electrons. The van der Waals surface area contributed by atoms with Crippen LogP contribution < -0.4 is 4.72 Å². The lowest BCUT2D eigenvalue weighted by Gasteiger charge is -2.16. The molecule has 0 aliphatic rings. The van der Waals surface area contributed by atoms with Gasteiger partial charge in [0.2, 0.25) is 10.0 Å². The zero-order chi connectivity index (χ0) is 15.3. The van der Waals surface area contributed by atoms with Gasteiger partial charge in [0.25, 0.3) is 0 Å². The third kappa shape index (κ3) is 4.27. The number of hydrogen-bond donors (Lipinski definition) is 2. The second-order valence-electron chi connectivity index (χ2n) is 4.13. The van der Waals surface area contributed by atoms with Crippen molar-refractivity contribution in [1.29, 1.82) is 0 Å². The van der Waals surface area contributed by atoms with Gasteiger partial charge in [0.1, 0.15) is 0 Å². The zero-order valence-electron chi connectivity index (χ0n) is 11.1. The highest BCUT2D eigenvalue weighted by molar-refractivity contribution is 9.10. The Balaban J connectivity index is 3.09. The molecule has 0 heterocycles. The standard InChI is InChI=1S/C12H16BrNO5S/c1-3-8(7-19-2)14-20(17,18)9-4-5-11(13)10(6-9)12(15)16/h4-6,8,14H,3,7H2,1-2H3,(H,15,16). The van der Waals surface area contributed by atoms with E-state index in [4.69, 9.17) is 9.84 Å². The van der Waals surface area contributed by atoms with E-state index >= 15 is 0 Å². The van der Waals surface area contributed by atoms with E-state index in [9.17, 15) is 13.2 Å². The minimum atomic E-state index is -3.78. The number of carboxylic acid groups (broad SMARTS) is 1. The van der Waals surface area contributed by atoms with Crippen LogP contribution in [0, 0.1) is 0 Å². The molecule has 2 N–H and O–H groups in total. The number of rotatable bonds is 7. The summed E-state index contributed by atoms with van der Waals surface area (Å²) in [5.74, 6) is -1.20. The van der Waals surface area contributed by atoms with Gasteiger partial charge in [0.15, 0.2) is 0 Å². The van der Waals surface area contributed by atoms with Crippen LogP contribution in [-0.4, -0.2) is 39.3 Å². The maximum atomic E-state index is 12.2. The number of ether oxygens (including phenoxy) is 1. The van der Waals surface area contributed by atoms with E-state index in [1.165, 1.54) is 19.2 Å². The molecule has 1 unspecified atom stereocenters. The van der Waals surface area contributed by atoms with Crippen LogP contribution in [0.5, 0.6) is 0 Å². The fourth-order valence-electron chi connectivity index (χ4n) is 1.56. The summed E-state index contributed by atoms with van der Waals surface area (Å²) in [5.41, 5.74) is -0.104. The highest BCUT2D eigenvalue weighted by Gasteiger charge is 2.21. The van der Waals surface area contributed by atoms with Gasteiger partial charge in [-0.05, 0) is 40.5 Å². The van der Waals surface area contributed by atoms with E-state index in [2.05, 4.69) is 20.7 Å². The number of sulfonamides is 1. The second-order valence-corrected chi connectivity index (χ2v) is 6.70. The molecule has 0 aliphatic heterocycles. The molecule has 1 aromatic rings. The summed E-state index contributed by atoms with van der Waals surface area (Å²) in [7, 11) is -2.30. The quantitative estimate of drug-likeness (QED) is 0.768. The number of halogens is 1. The molecular formula is C12H16BrNO5S.